The Hall–Kier alpha value is -0.610. The van der Waals surface area contributed by atoms with Crippen LogP contribution in [-0.2, 0) is 4.79 Å². The van der Waals surface area contributed by atoms with Gasteiger partial charge in [-0.15, -0.1) is 9.24 Å². The van der Waals surface area contributed by atoms with Gasteiger partial charge in [0, 0.05) is 13.5 Å². The van der Waals surface area contributed by atoms with Crippen LogP contribution in [0.3, 0.4) is 0 Å². The van der Waals surface area contributed by atoms with Crippen LogP contribution in [0, 0.1) is 11.3 Å². The molecule has 0 aliphatic rings. The summed E-state index contributed by atoms with van der Waals surface area (Å²) in [6, 6.07) is 2.04. The lowest BCUT2D eigenvalue weighted by Gasteiger charge is -2.14. The summed E-state index contributed by atoms with van der Waals surface area (Å²) in [5, 5.41) is 10.5. The molecule has 0 aromatic heterocycles. The second kappa shape index (κ2) is 3.53. The van der Waals surface area contributed by atoms with Crippen LogP contribution in [0.5, 0.6) is 0 Å². The summed E-state index contributed by atoms with van der Waals surface area (Å²) >= 11 is 0. The number of amides is 1. The van der Waals surface area contributed by atoms with Gasteiger partial charge >= 0.3 is 0 Å². The first-order valence-corrected chi connectivity index (χ1v) is 3.50. The molecule has 3 nitrogen and oxygen atoms in total. The highest BCUT2D eigenvalue weighted by molar-refractivity contribution is 7.19. The zero-order valence-electron chi connectivity index (χ0n) is 6.14. The molecule has 0 rings (SSSR count). The van der Waals surface area contributed by atoms with E-state index >= 15 is 0 Å². The quantitative estimate of drug-likeness (QED) is 0.587. The standard InChI is InChI=1S/C6H11N2OP/c1-5(9)8-4-6(2,10)3-7/h4,10H2,1-2H3,(H,8,9). The minimum absolute atomic E-state index is 0.107. The fourth-order valence-electron chi connectivity index (χ4n) is 0.348. The van der Waals surface area contributed by atoms with Gasteiger partial charge in [-0.2, -0.15) is 5.26 Å². The minimum Gasteiger partial charge on any atom is -0.354 e. The number of hydrogen-bond donors (Lipinski definition) is 1. The lowest BCUT2D eigenvalue weighted by Crippen LogP contribution is -2.33. The molecule has 0 radical (unpaired) electrons. The number of hydrogen-bond acceptors (Lipinski definition) is 2. The Morgan fingerprint density at radius 2 is 2.40 bits per heavy atom. The van der Waals surface area contributed by atoms with Crippen molar-refractivity contribution in [2.24, 2.45) is 0 Å². The average molecular weight is 158 g/mol. The van der Waals surface area contributed by atoms with E-state index in [1.165, 1.54) is 6.92 Å². The summed E-state index contributed by atoms with van der Waals surface area (Å²) in [7, 11) is 2.38. The number of nitrogens with one attached hydrogen (secondary N) is 1. The molecular formula is C6H11N2OP. The Morgan fingerprint density at radius 1 is 1.90 bits per heavy atom. The molecule has 4 heteroatoms. The Bertz CT molecular complexity index is 171. The van der Waals surface area contributed by atoms with Crippen molar-refractivity contribution in [2.75, 3.05) is 6.54 Å². The monoisotopic (exact) mass is 158 g/mol. The van der Waals surface area contributed by atoms with E-state index in [-0.39, 0.29) is 5.91 Å². The van der Waals surface area contributed by atoms with Crippen molar-refractivity contribution in [2.45, 2.75) is 19.0 Å². The van der Waals surface area contributed by atoms with E-state index in [0.29, 0.717) is 6.54 Å². The number of nitriles is 1. The predicted octanol–water partition coefficient (Wildman–Crippen LogP) is 0.280. The van der Waals surface area contributed by atoms with Crippen LogP contribution >= 0.6 is 9.24 Å². The SMILES string of the molecule is CC(=O)NCC(C)(P)C#N. The van der Waals surface area contributed by atoms with Gasteiger partial charge in [-0.25, -0.2) is 0 Å². The zero-order valence-corrected chi connectivity index (χ0v) is 7.29. The van der Waals surface area contributed by atoms with Crippen molar-refractivity contribution < 1.29 is 4.79 Å². The topological polar surface area (TPSA) is 52.9 Å². The number of carbonyl (C=O) groups is 1. The summed E-state index contributed by atoms with van der Waals surface area (Å²) in [5.74, 6) is -0.107. The third-order valence-corrected chi connectivity index (χ3v) is 1.29. The highest BCUT2D eigenvalue weighted by Crippen LogP contribution is 2.13. The summed E-state index contributed by atoms with van der Waals surface area (Å²) in [6.07, 6.45) is 0. The molecule has 0 heterocycles. The lowest BCUT2D eigenvalue weighted by atomic mass is 10.2. The molecule has 0 saturated heterocycles. The van der Waals surface area contributed by atoms with E-state index in [1.807, 2.05) is 6.07 Å². The Balaban J connectivity index is 3.71. The largest absolute Gasteiger partial charge is 0.354 e. The second-order valence-electron chi connectivity index (χ2n) is 2.44. The average Bonchev–Trinajstić information content (AvgIpc) is 1.85. The van der Waals surface area contributed by atoms with Gasteiger partial charge in [-0.05, 0) is 6.92 Å². The van der Waals surface area contributed by atoms with Crippen molar-refractivity contribution in [1.82, 2.24) is 5.32 Å². The molecule has 1 N–H and O–H groups in total. The van der Waals surface area contributed by atoms with Crippen molar-refractivity contribution >= 4 is 15.1 Å². The molecule has 0 bridgehead atoms. The molecule has 2 atom stereocenters. The third-order valence-electron chi connectivity index (χ3n) is 0.960. The van der Waals surface area contributed by atoms with Crippen LogP contribution in [0.15, 0.2) is 0 Å². The molecule has 0 saturated carbocycles. The smallest absolute Gasteiger partial charge is 0.216 e. The highest BCUT2D eigenvalue weighted by Gasteiger charge is 2.16. The van der Waals surface area contributed by atoms with Gasteiger partial charge in [0.05, 0.1) is 11.2 Å². The summed E-state index contributed by atoms with van der Waals surface area (Å²) in [5.41, 5.74) is 0. The van der Waals surface area contributed by atoms with E-state index in [9.17, 15) is 4.79 Å². The summed E-state index contributed by atoms with van der Waals surface area (Å²) in [4.78, 5) is 10.4. The molecule has 0 aliphatic heterocycles. The lowest BCUT2D eigenvalue weighted by molar-refractivity contribution is -0.119. The van der Waals surface area contributed by atoms with Crippen molar-refractivity contribution in [3.63, 3.8) is 0 Å². The van der Waals surface area contributed by atoms with Crippen LogP contribution < -0.4 is 5.32 Å². The molecule has 0 aliphatic carbocycles. The van der Waals surface area contributed by atoms with Crippen LogP contribution in [0.2, 0.25) is 0 Å². The van der Waals surface area contributed by atoms with Gasteiger partial charge in [0.25, 0.3) is 0 Å². The Labute approximate surface area is 63.0 Å². The molecule has 2 unspecified atom stereocenters. The normalized spacial score (nSPS) is 15.0. The van der Waals surface area contributed by atoms with Gasteiger partial charge in [-0.1, -0.05) is 0 Å². The molecule has 56 valence electrons. The van der Waals surface area contributed by atoms with E-state index in [0.717, 1.165) is 0 Å². The maximum atomic E-state index is 10.4. The molecule has 10 heavy (non-hydrogen) atoms. The van der Waals surface area contributed by atoms with Gasteiger partial charge in [0.2, 0.25) is 5.91 Å². The van der Waals surface area contributed by atoms with Crippen molar-refractivity contribution in [3.8, 4) is 6.07 Å². The minimum atomic E-state index is -0.536. The van der Waals surface area contributed by atoms with Gasteiger partial charge in [0.15, 0.2) is 0 Å². The number of rotatable bonds is 2. The first-order chi connectivity index (χ1) is 4.48. The van der Waals surface area contributed by atoms with Gasteiger partial charge in [0.1, 0.15) is 0 Å². The molecule has 0 aromatic carbocycles. The fraction of sp³-hybridized carbons (Fsp3) is 0.667. The highest BCUT2D eigenvalue weighted by atomic mass is 31.0. The van der Waals surface area contributed by atoms with E-state index in [1.54, 1.807) is 6.92 Å². The zero-order chi connectivity index (χ0) is 8.20. The van der Waals surface area contributed by atoms with Crippen LogP contribution in [0.4, 0.5) is 0 Å². The van der Waals surface area contributed by atoms with Crippen molar-refractivity contribution in [1.29, 1.82) is 5.26 Å². The summed E-state index contributed by atoms with van der Waals surface area (Å²) < 4.78 is 0. The molecule has 0 fully saturated rings. The first-order valence-electron chi connectivity index (χ1n) is 2.92. The third kappa shape index (κ3) is 4.29. The van der Waals surface area contributed by atoms with Crippen LogP contribution in [0.25, 0.3) is 0 Å². The van der Waals surface area contributed by atoms with Gasteiger partial charge < -0.3 is 5.32 Å². The molecule has 0 aromatic rings. The van der Waals surface area contributed by atoms with E-state index in [2.05, 4.69) is 14.6 Å². The molecule has 1 amide bonds. The molecular weight excluding hydrogens is 147 g/mol. The van der Waals surface area contributed by atoms with E-state index in [4.69, 9.17) is 5.26 Å². The first kappa shape index (κ1) is 9.39. The number of nitrogens with zero attached hydrogens (tertiary/aromatic N) is 1. The molecule has 0 spiro atoms. The maximum Gasteiger partial charge on any atom is 0.216 e. The van der Waals surface area contributed by atoms with Crippen molar-refractivity contribution in [3.05, 3.63) is 0 Å². The van der Waals surface area contributed by atoms with Crippen LogP contribution in [0.1, 0.15) is 13.8 Å². The predicted molar refractivity (Wildman–Crippen MR) is 42.4 cm³/mol. The summed E-state index contributed by atoms with van der Waals surface area (Å²) in [6.45, 7) is 3.55. The van der Waals surface area contributed by atoms with Gasteiger partial charge in [-0.3, -0.25) is 4.79 Å². The Kier molecular flexibility index (Phi) is 3.32. The maximum absolute atomic E-state index is 10.4. The van der Waals surface area contributed by atoms with E-state index < -0.39 is 5.16 Å². The van der Waals surface area contributed by atoms with Crippen LogP contribution in [-0.4, -0.2) is 17.6 Å². The number of carbonyl (C=O) groups excluding carboxylic acids is 1. The second-order valence-corrected chi connectivity index (χ2v) is 3.71. The fourth-order valence-corrected chi connectivity index (χ4v) is 0.450. The Morgan fingerprint density at radius 3 is 2.70 bits per heavy atom.